The molecular weight excluding hydrogens is 365 g/mol. The zero-order valence-corrected chi connectivity index (χ0v) is 16.0. The smallest absolute Gasteiger partial charge is 0.251 e. The molecule has 4 nitrogen and oxygen atoms in total. The Balaban J connectivity index is 0.00000144. The molecule has 0 spiro atoms. The van der Waals surface area contributed by atoms with Gasteiger partial charge in [0.2, 0.25) is 0 Å². The highest BCUT2D eigenvalue weighted by molar-refractivity contribution is 7.09. The molecule has 2 aromatic rings. The lowest BCUT2D eigenvalue weighted by Crippen LogP contribution is -2.51. The quantitative estimate of drug-likeness (QED) is 0.833. The summed E-state index contributed by atoms with van der Waals surface area (Å²) in [5.41, 5.74) is 8.25. The van der Waals surface area contributed by atoms with E-state index in [2.05, 4.69) is 10.3 Å². The third-order valence-corrected chi connectivity index (χ3v) is 5.14. The van der Waals surface area contributed by atoms with E-state index >= 15 is 0 Å². The van der Waals surface area contributed by atoms with Crippen molar-refractivity contribution in [2.75, 3.05) is 6.54 Å². The van der Waals surface area contributed by atoms with Gasteiger partial charge in [0.15, 0.2) is 0 Å². The summed E-state index contributed by atoms with van der Waals surface area (Å²) in [6.45, 7) is 2.49. The molecule has 1 aromatic carbocycles. The van der Waals surface area contributed by atoms with Crippen molar-refractivity contribution in [3.63, 3.8) is 0 Å². The van der Waals surface area contributed by atoms with Gasteiger partial charge in [0.25, 0.3) is 5.91 Å². The monoisotopic (exact) mass is 387 g/mol. The Morgan fingerprint density at radius 1 is 1.33 bits per heavy atom. The Morgan fingerprint density at radius 2 is 2.04 bits per heavy atom. The van der Waals surface area contributed by atoms with Crippen molar-refractivity contribution >= 4 is 42.1 Å². The Labute approximate surface area is 159 Å². The fourth-order valence-electron chi connectivity index (χ4n) is 3.06. The Kier molecular flexibility index (Phi) is 7.67. The van der Waals surface area contributed by atoms with Gasteiger partial charge >= 0.3 is 0 Å². The maximum Gasteiger partial charge on any atom is 0.251 e. The third-order valence-electron chi connectivity index (χ3n) is 4.37. The number of halogens is 2. The number of hydrogen-bond donors (Lipinski definition) is 2. The molecule has 0 aliphatic heterocycles. The zero-order chi connectivity index (χ0) is 15.6. The molecule has 1 aliphatic carbocycles. The average Bonchev–Trinajstić information content (AvgIpc) is 3.17. The lowest BCUT2D eigenvalue weighted by molar-refractivity contribution is 0.0903. The summed E-state index contributed by atoms with van der Waals surface area (Å²) < 4.78 is 0. The number of rotatable bonds is 4. The van der Waals surface area contributed by atoms with Crippen LogP contribution in [-0.2, 0) is 0 Å². The second-order valence-electron chi connectivity index (χ2n) is 5.98. The predicted molar refractivity (Wildman–Crippen MR) is 105 cm³/mol. The van der Waals surface area contributed by atoms with Crippen molar-refractivity contribution in [3.05, 3.63) is 40.2 Å². The van der Waals surface area contributed by atoms with E-state index in [9.17, 15) is 4.79 Å². The van der Waals surface area contributed by atoms with Gasteiger partial charge < -0.3 is 11.1 Å². The molecule has 1 aliphatic rings. The molecule has 7 heteroatoms. The number of aromatic nitrogens is 1. The Morgan fingerprint density at radius 3 is 2.62 bits per heavy atom. The maximum atomic E-state index is 12.6. The van der Waals surface area contributed by atoms with Crippen LogP contribution in [0.1, 0.15) is 41.0 Å². The summed E-state index contributed by atoms with van der Waals surface area (Å²) in [5, 5.41) is 6.20. The molecule has 0 bridgehead atoms. The second-order valence-corrected chi connectivity index (χ2v) is 7.04. The van der Waals surface area contributed by atoms with Gasteiger partial charge in [0, 0.05) is 23.1 Å². The van der Waals surface area contributed by atoms with Crippen LogP contribution >= 0.6 is 36.2 Å². The molecule has 0 unspecified atom stereocenters. The Bertz CT molecular complexity index is 684. The minimum atomic E-state index is -0.218. The number of thiazole rings is 1. The lowest BCUT2D eigenvalue weighted by atomic mass is 9.97. The first-order chi connectivity index (χ1) is 10.6. The number of carbonyl (C=O) groups excluding carboxylic acids is 1. The molecule has 132 valence electrons. The van der Waals surface area contributed by atoms with E-state index in [0.717, 1.165) is 41.9 Å². The van der Waals surface area contributed by atoms with Gasteiger partial charge in [-0.3, -0.25) is 4.79 Å². The van der Waals surface area contributed by atoms with E-state index in [1.165, 1.54) is 0 Å². The first kappa shape index (κ1) is 20.9. The summed E-state index contributed by atoms with van der Waals surface area (Å²) in [6, 6.07) is 7.64. The lowest BCUT2D eigenvalue weighted by Gasteiger charge is -2.28. The fourth-order valence-corrected chi connectivity index (χ4v) is 3.68. The van der Waals surface area contributed by atoms with E-state index < -0.39 is 0 Å². The van der Waals surface area contributed by atoms with E-state index in [0.29, 0.717) is 12.1 Å². The number of carbonyl (C=O) groups is 1. The summed E-state index contributed by atoms with van der Waals surface area (Å²) in [6.07, 6.45) is 4.21. The van der Waals surface area contributed by atoms with Crippen LogP contribution in [0, 0.1) is 6.92 Å². The molecule has 0 saturated heterocycles. The minimum absolute atomic E-state index is 0. The van der Waals surface area contributed by atoms with Crippen LogP contribution in [0.25, 0.3) is 11.3 Å². The summed E-state index contributed by atoms with van der Waals surface area (Å²) in [5.74, 6) is -0.0406. The molecule has 24 heavy (non-hydrogen) atoms. The van der Waals surface area contributed by atoms with Crippen LogP contribution in [0.2, 0.25) is 0 Å². The van der Waals surface area contributed by atoms with Gasteiger partial charge in [-0.25, -0.2) is 4.98 Å². The van der Waals surface area contributed by atoms with Crippen LogP contribution in [0.4, 0.5) is 0 Å². The number of aryl methyl sites for hydroxylation is 1. The van der Waals surface area contributed by atoms with Gasteiger partial charge in [0.1, 0.15) is 0 Å². The first-order valence-electron chi connectivity index (χ1n) is 7.67. The average molecular weight is 388 g/mol. The van der Waals surface area contributed by atoms with Gasteiger partial charge in [-0.1, -0.05) is 25.0 Å². The van der Waals surface area contributed by atoms with Crippen molar-refractivity contribution in [2.45, 2.75) is 38.1 Å². The number of nitrogens with zero attached hydrogens (tertiary/aromatic N) is 1. The van der Waals surface area contributed by atoms with Crippen LogP contribution in [0.5, 0.6) is 0 Å². The van der Waals surface area contributed by atoms with Gasteiger partial charge in [-0.05, 0) is 31.9 Å². The number of nitrogens with two attached hydrogens (primary N) is 1. The summed E-state index contributed by atoms with van der Waals surface area (Å²) in [4.78, 5) is 17.1. The summed E-state index contributed by atoms with van der Waals surface area (Å²) in [7, 11) is 0. The first-order valence-corrected chi connectivity index (χ1v) is 8.55. The molecule has 1 heterocycles. The molecular formula is C17H23Cl2N3OS. The molecule has 3 rings (SSSR count). The highest BCUT2D eigenvalue weighted by Crippen LogP contribution is 2.29. The molecule has 1 saturated carbocycles. The molecule has 0 atom stereocenters. The topological polar surface area (TPSA) is 68.0 Å². The highest BCUT2D eigenvalue weighted by Gasteiger charge is 2.34. The number of nitrogens with one attached hydrogen (secondary N) is 1. The van der Waals surface area contributed by atoms with E-state index in [4.69, 9.17) is 5.73 Å². The minimum Gasteiger partial charge on any atom is -0.345 e. The standard InChI is InChI=1S/C17H21N3OS.2ClH/c1-12-19-15(10-22-12)13-5-4-6-14(9-13)16(21)20-17(11-18)7-2-3-8-17;;/h4-6,9-10H,2-3,7-8,11,18H2,1H3,(H,20,21);2*1H. The van der Waals surface area contributed by atoms with Gasteiger partial charge in [0.05, 0.1) is 16.2 Å². The normalized spacial score (nSPS) is 15.2. The molecule has 1 aromatic heterocycles. The van der Waals surface area contributed by atoms with Crippen molar-refractivity contribution in [3.8, 4) is 11.3 Å². The molecule has 3 N–H and O–H groups in total. The third kappa shape index (κ3) is 4.48. The highest BCUT2D eigenvalue weighted by atomic mass is 35.5. The SMILES string of the molecule is Cc1nc(-c2cccc(C(=O)NC3(CN)CCCC3)c2)cs1.Cl.Cl. The predicted octanol–water partition coefficient (Wildman–Crippen LogP) is 3.96. The van der Waals surface area contributed by atoms with Crippen LogP contribution in [0.3, 0.4) is 0 Å². The Hall–Kier alpha value is -1.14. The molecule has 0 radical (unpaired) electrons. The number of hydrogen-bond acceptors (Lipinski definition) is 4. The molecule has 1 amide bonds. The van der Waals surface area contributed by atoms with Gasteiger partial charge in [-0.2, -0.15) is 0 Å². The van der Waals surface area contributed by atoms with E-state index in [-0.39, 0.29) is 36.3 Å². The van der Waals surface area contributed by atoms with Crippen molar-refractivity contribution < 1.29 is 4.79 Å². The second kappa shape index (κ2) is 8.81. The van der Waals surface area contributed by atoms with E-state index in [1.54, 1.807) is 11.3 Å². The van der Waals surface area contributed by atoms with Crippen molar-refractivity contribution in [1.29, 1.82) is 0 Å². The zero-order valence-electron chi connectivity index (χ0n) is 13.6. The largest absolute Gasteiger partial charge is 0.345 e. The van der Waals surface area contributed by atoms with Crippen LogP contribution in [0.15, 0.2) is 29.6 Å². The van der Waals surface area contributed by atoms with Crippen molar-refractivity contribution in [2.24, 2.45) is 5.73 Å². The van der Waals surface area contributed by atoms with Crippen molar-refractivity contribution in [1.82, 2.24) is 10.3 Å². The molecule has 1 fully saturated rings. The van der Waals surface area contributed by atoms with Crippen LogP contribution < -0.4 is 11.1 Å². The number of benzene rings is 1. The number of amides is 1. The van der Waals surface area contributed by atoms with E-state index in [1.807, 2.05) is 36.6 Å². The fraction of sp³-hybridized carbons (Fsp3) is 0.412. The van der Waals surface area contributed by atoms with Gasteiger partial charge in [-0.15, -0.1) is 36.2 Å². The summed E-state index contributed by atoms with van der Waals surface area (Å²) >= 11 is 1.61. The maximum absolute atomic E-state index is 12.6. The van der Waals surface area contributed by atoms with Crippen LogP contribution in [-0.4, -0.2) is 23.0 Å².